The van der Waals surface area contributed by atoms with Gasteiger partial charge >= 0.3 is 0 Å². The number of halogens is 4. The van der Waals surface area contributed by atoms with Crippen molar-refractivity contribution in [2.24, 2.45) is 0 Å². The third kappa shape index (κ3) is 3.68. The average Bonchev–Trinajstić information content (AvgIpc) is 2.60. The molecular formula is C16H9Cl4N5O. The van der Waals surface area contributed by atoms with Gasteiger partial charge in [-0.05, 0) is 18.2 Å². The maximum atomic E-state index is 12.3. The number of carbonyl (C=O) groups excluding carboxylic acids is 1. The molecule has 0 fully saturated rings. The normalized spacial score (nSPS) is 10.6. The highest BCUT2D eigenvalue weighted by Gasteiger charge is 2.17. The molecule has 0 aliphatic heterocycles. The van der Waals surface area contributed by atoms with Crippen LogP contribution in [0.5, 0.6) is 0 Å². The molecule has 0 aliphatic rings. The van der Waals surface area contributed by atoms with Crippen molar-refractivity contribution in [1.29, 1.82) is 0 Å². The van der Waals surface area contributed by atoms with E-state index in [1.165, 1.54) is 6.07 Å². The Morgan fingerprint density at radius 1 is 0.923 bits per heavy atom. The van der Waals surface area contributed by atoms with E-state index < -0.39 is 5.91 Å². The Hall–Kier alpha value is -2.12. The van der Waals surface area contributed by atoms with Crippen molar-refractivity contribution in [3.05, 3.63) is 62.1 Å². The van der Waals surface area contributed by atoms with Gasteiger partial charge in [0, 0.05) is 5.56 Å². The number of benzene rings is 2. The van der Waals surface area contributed by atoms with Crippen molar-refractivity contribution in [2.45, 2.75) is 0 Å². The van der Waals surface area contributed by atoms with E-state index in [1.54, 1.807) is 30.3 Å². The van der Waals surface area contributed by atoms with E-state index >= 15 is 0 Å². The van der Waals surface area contributed by atoms with E-state index in [4.69, 9.17) is 52.1 Å². The van der Waals surface area contributed by atoms with Crippen LogP contribution in [-0.4, -0.2) is 21.1 Å². The molecule has 10 heteroatoms. The van der Waals surface area contributed by atoms with Crippen LogP contribution in [0.4, 0.5) is 11.8 Å². The molecule has 1 aromatic heterocycles. The number of nitrogens with zero attached hydrogens (tertiary/aromatic N) is 3. The Morgan fingerprint density at radius 2 is 1.58 bits per heavy atom. The first-order valence-corrected chi connectivity index (χ1v) is 8.59. The van der Waals surface area contributed by atoms with Crippen molar-refractivity contribution < 1.29 is 4.79 Å². The summed E-state index contributed by atoms with van der Waals surface area (Å²) in [5.41, 5.74) is 6.82. The van der Waals surface area contributed by atoms with E-state index in [9.17, 15) is 4.79 Å². The summed E-state index contributed by atoms with van der Waals surface area (Å²) in [6, 6.07) is 9.69. The van der Waals surface area contributed by atoms with Gasteiger partial charge in [0.1, 0.15) is 5.69 Å². The standard InChI is InChI=1S/C16H9Cl4N5O/c17-9-5-1-3-7(11(9)19)13-14(21)22-16(25-24-13)23-15(26)8-4-2-6-10(18)12(8)20/h1-6H,(H3,21,22,23,25,26). The zero-order valence-corrected chi connectivity index (χ0v) is 15.8. The van der Waals surface area contributed by atoms with Gasteiger partial charge in [0.25, 0.3) is 11.9 Å². The summed E-state index contributed by atoms with van der Waals surface area (Å²) >= 11 is 24.1. The van der Waals surface area contributed by atoms with Crippen molar-refractivity contribution in [1.82, 2.24) is 15.2 Å². The molecule has 3 rings (SSSR count). The van der Waals surface area contributed by atoms with Gasteiger partial charge in [-0.25, -0.2) is 0 Å². The molecule has 26 heavy (non-hydrogen) atoms. The van der Waals surface area contributed by atoms with Gasteiger partial charge in [0.15, 0.2) is 5.82 Å². The first kappa shape index (κ1) is 18.7. The van der Waals surface area contributed by atoms with Crippen molar-refractivity contribution in [3.8, 4) is 11.3 Å². The number of aromatic nitrogens is 3. The lowest BCUT2D eigenvalue weighted by atomic mass is 10.1. The summed E-state index contributed by atoms with van der Waals surface area (Å²) in [6.45, 7) is 0. The first-order chi connectivity index (χ1) is 12.4. The third-order valence-electron chi connectivity index (χ3n) is 3.34. The lowest BCUT2D eigenvalue weighted by Gasteiger charge is -2.09. The second-order valence-corrected chi connectivity index (χ2v) is 6.60. The second-order valence-electron chi connectivity index (χ2n) is 5.03. The van der Waals surface area contributed by atoms with Crippen LogP contribution >= 0.6 is 46.4 Å². The predicted molar refractivity (Wildman–Crippen MR) is 104 cm³/mol. The van der Waals surface area contributed by atoms with Crippen LogP contribution < -0.4 is 11.1 Å². The first-order valence-electron chi connectivity index (χ1n) is 7.08. The summed E-state index contributed by atoms with van der Waals surface area (Å²) in [7, 11) is 0. The average molecular weight is 429 g/mol. The van der Waals surface area contributed by atoms with Crippen LogP contribution in [-0.2, 0) is 0 Å². The number of anilines is 2. The molecule has 0 unspecified atom stereocenters. The highest BCUT2D eigenvalue weighted by Crippen LogP contribution is 2.34. The molecule has 3 aromatic rings. The van der Waals surface area contributed by atoms with Gasteiger partial charge in [0.2, 0.25) is 0 Å². The lowest BCUT2D eigenvalue weighted by molar-refractivity contribution is 0.102. The molecule has 132 valence electrons. The van der Waals surface area contributed by atoms with E-state index in [-0.39, 0.29) is 38.1 Å². The van der Waals surface area contributed by atoms with Gasteiger partial charge in [0.05, 0.1) is 25.7 Å². The quantitative estimate of drug-likeness (QED) is 0.612. The molecule has 0 bridgehead atoms. The predicted octanol–water partition coefficient (Wildman–Crippen LogP) is 4.99. The molecule has 2 aromatic carbocycles. The number of rotatable bonds is 3. The van der Waals surface area contributed by atoms with Gasteiger partial charge in [-0.1, -0.05) is 64.6 Å². The largest absolute Gasteiger partial charge is 0.382 e. The fourth-order valence-electron chi connectivity index (χ4n) is 2.12. The fraction of sp³-hybridized carbons (Fsp3) is 0. The van der Waals surface area contributed by atoms with Crippen LogP contribution in [0.3, 0.4) is 0 Å². The smallest absolute Gasteiger partial charge is 0.259 e. The zero-order chi connectivity index (χ0) is 18.8. The third-order valence-corrected chi connectivity index (χ3v) is 4.98. The number of hydrogen-bond acceptors (Lipinski definition) is 5. The highest BCUT2D eigenvalue weighted by molar-refractivity contribution is 6.44. The molecule has 6 nitrogen and oxygen atoms in total. The Kier molecular flexibility index (Phi) is 5.48. The number of hydrogen-bond donors (Lipinski definition) is 2. The van der Waals surface area contributed by atoms with Gasteiger partial charge in [-0.15, -0.1) is 10.2 Å². The minimum atomic E-state index is -0.549. The molecule has 0 saturated heterocycles. The Labute approximate surface area is 168 Å². The maximum absolute atomic E-state index is 12.3. The minimum Gasteiger partial charge on any atom is -0.382 e. The summed E-state index contributed by atoms with van der Waals surface area (Å²) in [4.78, 5) is 16.3. The van der Waals surface area contributed by atoms with Crippen molar-refractivity contribution in [2.75, 3.05) is 11.1 Å². The van der Waals surface area contributed by atoms with Gasteiger partial charge in [-0.2, -0.15) is 4.98 Å². The molecule has 0 atom stereocenters. The van der Waals surface area contributed by atoms with E-state index in [1.807, 2.05) is 0 Å². The number of nitrogens with one attached hydrogen (secondary N) is 1. The summed E-state index contributed by atoms with van der Waals surface area (Å²) in [5, 5.41) is 11.3. The molecule has 1 heterocycles. The molecule has 0 radical (unpaired) electrons. The number of nitrogens with two attached hydrogens (primary N) is 1. The highest BCUT2D eigenvalue weighted by atomic mass is 35.5. The molecule has 0 spiro atoms. The molecule has 0 aliphatic carbocycles. The number of carbonyl (C=O) groups is 1. The van der Waals surface area contributed by atoms with Crippen LogP contribution in [0.25, 0.3) is 11.3 Å². The van der Waals surface area contributed by atoms with Crippen molar-refractivity contribution >= 4 is 64.1 Å². The summed E-state index contributed by atoms with van der Waals surface area (Å²) in [5.74, 6) is -0.616. The zero-order valence-electron chi connectivity index (χ0n) is 12.8. The van der Waals surface area contributed by atoms with Crippen LogP contribution in [0.1, 0.15) is 10.4 Å². The van der Waals surface area contributed by atoms with Gasteiger partial charge < -0.3 is 5.73 Å². The Morgan fingerprint density at radius 3 is 2.27 bits per heavy atom. The van der Waals surface area contributed by atoms with E-state index in [0.717, 1.165) is 0 Å². The second kappa shape index (κ2) is 7.63. The summed E-state index contributed by atoms with van der Waals surface area (Å²) < 4.78 is 0. The number of nitrogen functional groups attached to an aromatic ring is 1. The van der Waals surface area contributed by atoms with Crippen LogP contribution in [0.2, 0.25) is 20.1 Å². The van der Waals surface area contributed by atoms with Crippen LogP contribution in [0, 0.1) is 0 Å². The van der Waals surface area contributed by atoms with Gasteiger partial charge in [-0.3, -0.25) is 10.1 Å². The topological polar surface area (TPSA) is 93.8 Å². The molecule has 3 N–H and O–H groups in total. The summed E-state index contributed by atoms with van der Waals surface area (Å²) in [6.07, 6.45) is 0. The Balaban J connectivity index is 1.89. The monoisotopic (exact) mass is 427 g/mol. The van der Waals surface area contributed by atoms with E-state index in [2.05, 4.69) is 20.5 Å². The van der Waals surface area contributed by atoms with Crippen molar-refractivity contribution in [3.63, 3.8) is 0 Å². The van der Waals surface area contributed by atoms with Crippen LogP contribution in [0.15, 0.2) is 36.4 Å². The van der Waals surface area contributed by atoms with E-state index in [0.29, 0.717) is 10.6 Å². The SMILES string of the molecule is Nc1nc(NC(=O)c2cccc(Cl)c2Cl)nnc1-c1cccc(Cl)c1Cl. The minimum absolute atomic E-state index is 0.0247. The number of amides is 1. The molecular weight excluding hydrogens is 420 g/mol. The maximum Gasteiger partial charge on any atom is 0.259 e. The fourth-order valence-corrected chi connectivity index (χ4v) is 2.89. The molecule has 0 saturated carbocycles. The molecule has 1 amide bonds. The lowest BCUT2D eigenvalue weighted by Crippen LogP contribution is -2.16. The Bertz CT molecular complexity index is 1010.